The van der Waals surface area contributed by atoms with E-state index >= 15 is 0 Å². The first-order valence-corrected chi connectivity index (χ1v) is 7.20. The van der Waals surface area contributed by atoms with Crippen LogP contribution in [0.1, 0.15) is 49.1 Å². The zero-order chi connectivity index (χ0) is 13.0. The fourth-order valence-corrected chi connectivity index (χ4v) is 3.21. The lowest BCUT2D eigenvalue weighted by molar-refractivity contribution is 0.405. The number of methoxy groups -OCH3 is 1. The summed E-state index contributed by atoms with van der Waals surface area (Å²) in [6, 6.07) is 4.30. The van der Waals surface area contributed by atoms with Gasteiger partial charge in [-0.1, -0.05) is 30.5 Å². The van der Waals surface area contributed by atoms with Crippen molar-refractivity contribution in [3.8, 4) is 5.75 Å². The molecule has 100 valence electrons. The van der Waals surface area contributed by atoms with Gasteiger partial charge in [-0.05, 0) is 55.3 Å². The second kappa shape index (κ2) is 6.44. The summed E-state index contributed by atoms with van der Waals surface area (Å²) in [6.07, 6.45) is 7.16. The van der Waals surface area contributed by atoms with Crippen molar-refractivity contribution in [2.24, 2.45) is 5.73 Å². The third-order valence-electron chi connectivity index (χ3n) is 3.80. The molecule has 0 amide bonds. The maximum absolute atomic E-state index is 6.34. The molecule has 3 heteroatoms. The fraction of sp³-hybridized carbons (Fsp3) is 0.600. The number of rotatable bonds is 5. The fourth-order valence-electron chi connectivity index (χ4n) is 2.88. The normalized spacial score (nSPS) is 16.2. The summed E-state index contributed by atoms with van der Waals surface area (Å²) >= 11 is 6.34. The van der Waals surface area contributed by atoms with Gasteiger partial charge in [0.1, 0.15) is 5.75 Å². The van der Waals surface area contributed by atoms with Gasteiger partial charge in [0.15, 0.2) is 0 Å². The number of ether oxygens (including phenoxy) is 1. The number of aryl methyl sites for hydroxylation is 1. The van der Waals surface area contributed by atoms with Crippen LogP contribution in [0.25, 0.3) is 0 Å². The molecule has 0 radical (unpaired) electrons. The number of benzene rings is 1. The van der Waals surface area contributed by atoms with Gasteiger partial charge < -0.3 is 10.5 Å². The molecule has 0 spiro atoms. The van der Waals surface area contributed by atoms with E-state index in [0.717, 1.165) is 30.2 Å². The predicted octanol–water partition coefficient (Wildman–Crippen LogP) is 3.90. The summed E-state index contributed by atoms with van der Waals surface area (Å²) in [7, 11) is 1.71. The zero-order valence-corrected chi connectivity index (χ0v) is 11.8. The molecule has 1 fully saturated rings. The van der Waals surface area contributed by atoms with E-state index in [1.54, 1.807) is 7.11 Å². The van der Waals surface area contributed by atoms with E-state index in [0.29, 0.717) is 5.92 Å². The van der Waals surface area contributed by atoms with E-state index in [4.69, 9.17) is 22.1 Å². The standard InChI is InChI=1S/C15H22ClNO/c1-18-15-13(12-6-2-3-7-12)9-11(5-4-8-17)10-14(15)16/h9-10,12H,2-8,17H2,1H3. The Labute approximate surface area is 114 Å². The molecule has 0 heterocycles. The van der Waals surface area contributed by atoms with Gasteiger partial charge in [0, 0.05) is 0 Å². The summed E-state index contributed by atoms with van der Waals surface area (Å²) in [5.74, 6) is 1.50. The minimum absolute atomic E-state index is 0.621. The average molecular weight is 268 g/mol. The van der Waals surface area contributed by atoms with Crippen molar-refractivity contribution < 1.29 is 4.74 Å². The van der Waals surface area contributed by atoms with Gasteiger partial charge in [0.05, 0.1) is 12.1 Å². The van der Waals surface area contributed by atoms with Crippen molar-refractivity contribution in [2.45, 2.75) is 44.4 Å². The first-order chi connectivity index (χ1) is 8.76. The highest BCUT2D eigenvalue weighted by molar-refractivity contribution is 6.32. The summed E-state index contributed by atoms with van der Waals surface area (Å²) in [4.78, 5) is 0. The van der Waals surface area contributed by atoms with Crippen molar-refractivity contribution in [3.63, 3.8) is 0 Å². The smallest absolute Gasteiger partial charge is 0.140 e. The first kappa shape index (κ1) is 13.7. The molecule has 0 bridgehead atoms. The van der Waals surface area contributed by atoms with E-state index in [2.05, 4.69) is 6.07 Å². The molecular weight excluding hydrogens is 246 g/mol. The maximum Gasteiger partial charge on any atom is 0.140 e. The largest absolute Gasteiger partial charge is 0.495 e. The van der Waals surface area contributed by atoms with Gasteiger partial charge in [0.25, 0.3) is 0 Å². The average Bonchev–Trinajstić information content (AvgIpc) is 2.89. The van der Waals surface area contributed by atoms with Crippen LogP contribution in [0.15, 0.2) is 12.1 Å². The van der Waals surface area contributed by atoms with E-state index in [-0.39, 0.29) is 0 Å². The first-order valence-electron chi connectivity index (χ1n) is 6.82. The molecule has 1 saturated carbocycles. The quantitative estimate of drug-likeness (QED) is 0.878. The molecule has 2 N–H and O–H groups in total. The Hall–Kier alpha value is -0.730. The van der Waals surface area contributed by atoms with Crippen LogP contribution in [0.4, 0.5) is 0 Å². The van der Waals surface area contributed by atoms with Crippen molar-refractivity contribution in [3.05, 3.63) is 28.3 Å². The molecule has 2 nitrogen and oxygen atoms in total. The maximum atomic E-state index is 6.34. The number of hydrogen-bond donors (Lipinski definition) is 1. The molecule has 0 unspecified atom stereocenters. The van der Waals surface area contributed by atoms with Gasteiger partial charge >= 0.3 is 0 Å². The number of hydrogen-bond acceptors (Lipinski definition) is 2. The number of nitrogens with two attached hydrogens (primary N) is 1. The van der Waals surface area contributed by atoms with Crippen LogP contribution in [-0.4, -0.2) is 13.7 Å². The summed E-state index contributed by atoms with van der Waals surface area (Å²) in [5, 5.41) is 0.744. The highest BCUT2D eigenvalue weighted by Crippen LogP contribution is 2.42. The van der Waals surface area contributed by atoms with E-state index in [1.165, 1.54) is 36.8 Å². The van der Waals surface area contributed by atoms with E-state index < -0.39 is 0 Å². The molecule has 0 atom stereocenters. The van der Waals surface area contributed by atoms with Crippen LogP contribution < -0.4 is 10.5 Å². The molecule has 1 aromatic rings. The predicted molar refractivity (Wildman–Crippen MR) is 76.6 cm³/mol. The molecule has 0 saturated heterocycles. The molecular formula is C15H22ClNO. The lowest BCUT2D eigenvalue weighted by Crippen LogP contribution is -2.03. The van der Waals surface area contributed by atoms with Crippen LogP contribution in [-0.2, 0) is 6.42 Å². The minimum Gasteiger partial charge on any atom is -0.495 e. The second-order valence-corrected chi connectivity index (χ2v) is 5.48. The van der Waals surface area contributed by atoms with Gasteiger partial charge in [-0.3, -0.25) is 0 Å². The van der Waals surface area contributed by atoms with Crippen molar-refractivity contribution in [2.75, 3.05) is 13.7 Å². The monoisotopic (exact) mass is 267 g/mol. The molecule has 1 aliphatic carbocycles. The molecule has 1 aliphatic rings. The molecule has 0 aromatic heterocycles. The Bertz CT molecular complexity index is 400. The van der Waals surface area contributed by atoms with Crippen LogP contribution >= 0.6 is 11.6 Å². The zero-order valence-electron chi connectivity index (χ0n) is 11.0. The van der Waals surface area contributed by atoms with Gasteiger partial charge in [0.2, 0.25) is 0 Å². The highest BCUT2D eigenvalue weighted by atomic mass is 35.5. The van der Waals surface area contributed by atoms with Crippen LogP contribution in [0.3, 0.4) is 0 Å². The summed E-state index contributed by atoms with van der Waals surface area (Å²) in [6.45, 7) is 0.725. The lowest BCUT2D eigenvalue weighted by atomic mass is 9.93. The van der Waals surface area contributed by atoms with E-state index in [1.807, 2.05) is 6.07 Å². The van der Waals surface area contributed by atoms with Gasteiger partial charge in [-0.15, -0.1) is 0 Å². The second-order valence-electron chi connectivity index (χ2n) is 5.07. The van der Waals surface area contributed by atoms with Crippen LogP contribution in [0.2, 0.25) is 5.02 Å². The van der Waals surface area contributed by atoms with E-state index in [9.17, 15) is 0 Å². The Morgan fingerprint density at radius 1 is 1.33 bits per heavy atom. The highest BCUT2D eigenvalue weighted by Gasteiger charge is 2.22. The van der Waals surface area contributed by atoms with Crippen molar-refractivity contribution in [1.29, 1.82) is 0 Å². The minimum atomic E-state index is 0.621. The Morgan fingerprint density at radius 2 is 2.06 bits per heavy atom. The topological polar surface area (TPSA) is 35.2 Å². The van der Waals surface area contributed by atoms with Crippen molar-refractivity contribution >= 4 is 11.6 Å². The van der Waals surface area contributed by atoms with Crippen molar-refractivity contribution in [1.82, 2.24) is 0 Å². The van der Waals surface area contributed by atoms with Gasteiger partial charge in [-0.25, -0.2) is 0 Å². The summed E-state index contributed by atoms with van der Waals surface area (Å²) in [5.41, 5.74) is 8.16. The summed E-state index contributed by atoms with van der Waals surface area (Å²) < 4.78 is 5.49. The van der Waals surface area contributed by atoms with Gasteiger partial charge in [-0.2, -0.15) is 0 Å². The third-order valence-corrected chi connectivity index (χ3v) is 4.08. The Kier molecular flexibility index (Phi) is 4.90. The van der Waals surface area contributed by atoms with Crippen LogP contribution in [0, 0.1) is 0 Å². The number of halogens is 1. The molecule has 2 rings (SSSR count). The lowest BCUT2D eigenvalue weighted by Gasteiger charge is -2.17. The molecule has 18 heavy (non-hydrogen) atoms. The Morgan fingerprint density at radius 3 is 2.67 bits per heavy atom. The molecule has 1 aromatic carbocycles. The third kappa shape index (κ3) is 2.99. The van der Waals surface area contributed by atoms with Crippen LogP contribution in [0.5, 0.6) is 5.75 Å². The Balaban J connectivity index is 2.30. The SMILES string of the molecule is COc1c(Cl)cc(CCCN)cc1C1CCCC1. The molecule has 0 aliphatic heterocycles.